The molecule has 0 aliphatic heterocycles. The second-order valence-electron chi connectivity index (χ2n) is 31.2. The average molecular weight is 1480 g/mol. The number of hydrogen-bond donors (Lipinski definition) is 3. The van der Waals surface area contributed by atoms with E-state index in [-0.39, 0.29) is 25.7 Å². The van der Waals surface area contributed by atoms with Crippen LogP contribution >= 0.6 is 15.6 Å². The maximum Gasteiger partial charge on any atom is 0.472 e. The molecule has 101 heavy (non-hydrogen) atoms. The van der Waals surface area contributed by atoms with E-state index in [1.165, 1.54) is 218 Å². The molecular formula is C82H160O17P2. The maximum absolute atomic E-state index is 13.1. The highest BCUT2D eigenvalue weighted by Crippen LogP contribution is 2.45. The van der Waals surface area contributed by atoms with Crippen LogP contribution in [0.25, 0.3) is 0 Å². The van der Waals surface area contributed by atoms with E-state index < -0.39 is 97.5 Å². The van der Waals surface area contributed by atoms with E-state index in [1.54, 1.807) is 0 Å². The van der Waals surface area contributed by atoms with Gasteiger partial charge in [-0.15, -0.1) is 0 Å². The first kappa shape index (κ1) is 99.1. The Kier molecular flexibility index (Phi) is 69.6. The van der Waals surface area contributed by atoms with Crippen molar-refractivity contribution < 1.29 is 80.2 Å². The number of hydrogen-bond acceptors (Lipinski definition) is 15. The lowest BCUT2D eigenvalue weighted by Gasteiger charge is -2.21. The highest BCUT2D eigenvalue weighted by molar-refractivity contribution is 7.47. The molecule has 0 spiro atoms. The summed E-state index contributed by atoms with van der Waals surface area (Å²) in [7, 11) is -9.92. The molecule has 0 rings (SSSR count). The minimum atomic E-state index is -4.96. The topological polar surface area (TPSA) is 237 Å². The number of esters is 4. The highest BCUT2D eigenvalue weighted by Gasteiger charge is 2.30. The first-order valence-corrected chi connectivity index (χ1v) is 45.2. The van der Waals surface area contributed by atoms with E-state index >= 15 is 0 Å². The summed E-state index contributed by atoms with van der Waals surface area (Å²) in [6.07, 6.45) is 58.6. The largest absolute Gasteiger partial charge is 0.472 e. The van der Waals surface area contributed by atoms with Crippen molar-refractivity contribution in [1.29, 1.82) is 0 Å². The van der Waals surface area contributed by atoms with E-state index in [4.69, 9.17) is 37.0 Å². The number of ether oxygens (including phenoxy) is 4. The van der Waals surface area contributed by atoms with Crippen LogP contribution < -0.4 is 0 Å². The number of aliphatic hydroxyl groups is 1. The van der Waals surface area contributed by atoms with Gasteiger partial charge >= 0.3 is 39.5 Å². The van der Waals surface area contributed by atoms with Gasteiger partial charge in [0, 0.05) is 25.7 Å². The summed E-state index contributed by atoms with van der Waals surface area (Å²) in [4.78, 5) is 72.9. The molecule has 0 aromatic carbocycles. The third kappa shape index (κ3) is 74.7. The maximum atomic E-state index is 13.1. The van der Waals surface area contributed by atoms with Crippen molar-refractivity contribution in [3.8, 4) is 0 Å². The number of aliphatic hydroxyl groups excluding tert-OH is 1. The summed E-state index contributed by atoms with van der Waals surface area (Å²) < 4.78 is 68.6. The van der Waals surface area contributed by atoms with E-state index in [0.717, 1.165) is 108 Å². The Morgan fingerprint density at radius 1 is 0.277 bits per heavy atom. The Labute approximate surface area is 619 Å². The number of carbonyl (C=O) groups is 4. The van der Waals surface area contributed by atoms with E-state index in [9.17, 15) is 43.2 Å². The Hall–Kier alpha value is -1.94. The minimum absolute atomic E-state index is 0.103. The van der Waals surface area contributed by atoms with Crippen molar-refractivity contribution in [3.05, 3.63) is 0 Å². The molecule has 19 heteroatoms. The Morgan fingerprint density at radius 3 is 0.703 bits per heavy atom. The van der Waals surface area contributed by atoms with Crippen molar-refractivity contribution in [2.45, 2.75) is 440 Å². The van der Waals surface area contributed by atoms with Gasteiger partial charge in [0.05, 0.1) is 26.4 Å². The number of phosphoric acid groups is 2. The molecule has 0 bridgehead atoms. The molecule has 0 heterocycles. The van der Waals surface area contributed by atoms with Gasteiger partial charge in [-0.2, -0.15) is 0 Å². The molecule has 4 unspecified atom stereocenters. The summed E-state index contributed by atoms with van der Waals surface area (Å²) in [6.45, 7) is 14.2. The monoisotopic (exact) mass is 1480 g/mol. The van der Waals surface area contributed by atoms with Gasteiger partial charge in [0.25, 0.3) is 0 Å². The zero-order chi connectivity index (χ0) is 74.6. The molecule has 0 radical (unpaired) electrons. The molecule has 6 atom stereocenters. The van der Waals surface area contributed by atoms with E-state index in [2.05, 4.69) is 55.4 Å². The van der Waals surface area contributed by atoms with Crippen molar-refractivity contribution >= 4 is 39.5 Å². The highest BCUT2D eigenvalue weighted by atomic mass is 31.2. The lowest BCUT2D eigenvalue weighted by molar-refractivity contribution is -0.161. The molecule has 0 aromatic heterocycles. The summed E-state index contributed by atoms with van der Waals surface area (Å²) in [5, 5.41) is 10.6. The quantitative estimate of drug-likeness (QED) is 0.0222. The smallest absolute Gasteiger partial charge is 0.462 e. The number of unbranched alkanes of at least 4 members (excludes halogenated alkanes) is 44. The van der Waals surface area contributed by atoms with Crippen LogP contribution in [0.1, 0.15) is 421 Å². The van der Waals surface area contributed by atoms with Gasteiger partial charge in [0.2, 0.25) is 0 Å². The van der Waals surface area contributed by atoms with Crippen LogP contribution in [0.5, 0.6) is 0 Å². The summed E-state index contributed by atoms with van der Waals surface area (Å²) in [5.74, 6) is 0.967. The first-order valence-electron chi connectivity index (χ1n) is 42.2. The molecule has 0 saturated heterocycles. The number of rotatable bonds is 79. The molecule has 3 N–H and O–H groups in total. The fourth-order valence-corrected chi connectivity index (χ4v) is 14.2. The summed E-state index contributed by atoms with van der Waals surface area (Å²) in [6, 6.07) is 0. The van der Waals surface area contributed by atoms with Gasteiger partial charge in [-0.25, -0.2) is 9.13 Å². The van der Waals surface area contributed by atoms with Crippen LogP contribution in [0.15, 0.2) is 0 Å². The first-order chi connectivity index (χ1) is 48.6. The average Bonchev–Trinajstić information content (AvgIpc) is 0.928. The van der Waals surface area contributed by atoms with Crippen LogP contribution in [0, 0.1) is 23.7 Å². The van der Waals surface area contributed by atoms with Crippen molar-refractivity contribution in [2.75, 3.05) is 39.6 Å². The van der Waals surface area contributed by atoms with E-state index in [0.29, 0.717) is 37.5 Å². The second-order valence-corrected chi connectivity index (χ2v) is 34.1. The van der Waals surface area contributed by atoms with Gasteiger partial charge in [-0.3, -0.25) is 37.3 Å². The van der Waals surface area contributed by atoms with Crippen LogP contribution in [-0.4, -0.2) is 96.7 Å². The number of phosphoric ester groups is 2. The van der Waals surface area contributed by atoms with Gasteiger partial charge in [0.15, 0.2) is 12.2 Å². The van der Waals surface area contributed by atoms with Crippen LogP contribution in [0.3, 0.4) is 0 Å². The lowest BCUT2D eigenvalue weighted by atomic mass is 9.99. The van der Waals surface area contributed by atoms with Crippen molar-refractivity contribution in [2.24, 2.45) is 23.7 Å². The molecule has 0 aliphatic carbocycles. The number of carbonyl (C=O) groups excluding carboxylic acids is 4. The van der Waals surface area contributed by atoms with Gasteiger partial charge < -0.3 is 33.8 Å². The molecule has 0 aliphatic rings. The molecule has 0 aromatic rings. The SMILES string of the molecule is CCC(C)CCCCCCCCCCCCCCCCCCCCC(=O)O[C@H](COC(=O)CCCCCCCCCCCCCCCCCCC(C)C)COP(=O)(O)OCC(O)COP(=O)(O)OC[C@@H](COC(=O)CCCCCCCCCC(C)C)OC(=O)CCCCCCCCCC(C)C. The Bertz CT molecular complexity index is 1970. The third-order valence-electron chi connectivity index (χ3n) is 19.4. The van der Waals surface area contributed by atoms with Gasteiger partial charge in [-0.1, -0.05) is 370 Å². The molecular weight excluding hydrogens is 1320 g/mol. The zero-order valence-electron chi connectivity index (χ0n) is 66.5. The summed E-state index contributed by atoms with van der Waals surface area (Å²) in [5.41, 5.74) is 0. The predicted octanol–water partition coefficient (Wildman–Crippen LogP) is 24.4. The molecule has 600 valence electrons. The van der Waals surface area contributed by atoms with Gasteiger partial charge in [-0.05, 0) is 49.4 Å². The fraction of sp³-hybridized carbons (Fsp3) is 0.951. The van der Waals surface area contributed by atoms with Crippen molar-refractivity contribution in [1.82, 2.24) is 0 Å². The van der Waals surface area contributed by atoms with Gasteiger partial charge in [0.1, 0.15) is 19.3 Å². The zero-order valence-corrected chi connectivity index (χ0v) is 68.3. The summed E-state index contributed by atoms with van der Waals surface area (Å²) >= 11 is 0. The lowest BCUT2D eigenvalue weighted by Crippen LogP contribution is -2.30. The molecule has 0 amide bonds. The normalized spacial score (nSPS) is 14.3. The Morgan fingerprint density at radius 2 is 0.475 bits per heavy atom. The van der Waals surface area contributed by atoms with E-state index in [1.807, 2.05) is 0 Å². The molecule has 17 nitrogen and oxygen atoms in total. The van der Waals surface area contributed by atoms with Crippen LogP contribution in [0.4, 0.5) is 0 Å². The molecule has 0 saturated carbocycles. The standard InChI is InChI=1S/C82H160O17P2/c1-9-75(8)61-53-45-37-29-25-21-17-12-10-11-13-19-23-27-31-39-48-56-64-81(86)98-77(68-92-79(84)62-54-46-38-30-26-22-18-15-14-16-20-24-28-34-42-50-58-72(2)3)70-96-100(88,89)94-66-76(83)67-95-101(90,91)97-71-78(99-82(87)65-57-49-41-33-36-44-52-60-74(6)7)69-93-80(85)63-55-47-40-32-35-43-51-59-73(4)5/h72-78,83H,9-71H2,1-8H3,(H,88,89)(H,90,91)/t75?,76?,77-,78-/m1/s1. The third-order valence-corrected chi connectivity index (χ3v) is 21.3. The second kappa shape index (κ2) is 71.0. The van der Waals surface area contributed by atoms with Crippen LogP contribution in [0.2, 0.25) is 0 Å². The Balaban J connectivity index is 5.19. The van der Waals surface area contributed by atoms with Crippen LogP contribution in [-0.2, 0) is 65.4 Å². The fourth-order valence-electron chi connectivity index (χ4n) is 12.6. The predicted molar refractivity (Wildman–Crippen MR) is 414 cm³/mol. The molecule has 0 fully saturated rings. The van der Waals surface area contributed by atoms with Crippen molar-refractivity contribution in [3.63, 3.8) is 0 Å². The minimum Gasteiger partial charge on any atom is -0.462 e.